The van der Waals surface area contributed by atoms with Crippen LogP contribution in [0, 0.1) is 12.7 Å². The zero-order valence-corrected chi connectivity index (χ0v) is 11.0. The van der Waals surface area contributed by atoms with Crippen molar-refractivity contribution in [1.82, 2.24) is 0 Å². The van der Waals surface area contributed by atoms with Crippen LogP contribution in [0.1, 0.15) is 15.9 Å². The number of benzene rings is 2. The maximum atomic E-state index is 13.3. The highest BCUT2D eigenvalue weighted by Gasteiger charge is 2.10. The van der Waals surface area contributed by atoms with E-state index >= 15 is 0 Å². The third-order valence-electron chi connectivity index (χ3n) is 2.69. The van der Waals surface area contributed by atoms with Gasteiger partial charge in [0.25, 0.3) is 5.91 Å². The Morgan fingerprint density at radius 3 is 2.63 bits per heavy atom. The molecule has 0 unspecified atom stereocenters. The van der Waals surface area contributed by atoms with Crippen LogP contribution >= 0.6 is 11.6 Å². The van der Waals surface area contributed by atoms with Crippen molar-refractivity contribution in [2.24, 2.45) is 0 Å². The lowest BCUT2D eigenvalue weighted by Crippen LogP contribution is -2.13. The van der Waals surface area contributed by atoms with Crippen molar-refractivity contribution < 1.29 is 9.18 Å². The van der Waals surface area contributed by atoms with Gasteiger partial charge in [0.05, 0.1) is 5.69 Å². The maximum absolute atomic E-state index is 13.3. The molecule has 0 saturated heterocycles. The van der Waals surface area contributed by atoms with E-state index in [1.54, 1.807) is 31.2 Å². The lowest BCUT2D eigenvalue weighted by Gasteiger charge is -2.08. The van der Waals surface area contributed by atoms with Gasteiger partial charge < -0.3 is 11.1 Å². The van der Waals surface area contributed by atoms with Crippen LogP contribution in [0.3, 0.4) is 0 Å². The second-order valence-electron chi connectivity index (χ2n) is 4.15. The van der Waals surface area contributed by atoms with Gasteiger partial charge in [-0.25, -0.2) is 4.39 Å². The number of hydrogen-bond acceptors (Lipinski definition) is 2. The van der Waals surface area contributed by atoms with Crippen molar-refractivity contribution in [2.75, 3.05) is 11.1 Å². The molecule has 2 rings (SSSR count). The van der Waals surface area contributed by atoms with Crippen LogP contribution in [0.25, 0.3) is 0 Å². The van der Waals surface area contributed by atoms with Crippen molar-refractivity contribution in [1.29, 1.82) is 0 Å². The van der Waals surface area contributed by atoms with Crippen LogP contribution in [0.2, 0.25) is 5.02 Å². The molecule has 2 aromatic carbocycles. The molecule has 1 amide bonds. The van der Waals surface area contributed by atoms with E-state index in [1.807, 2.05) is 0 Å². The topological polar surface area (TPSA) is 55.1 Å². The highest BCUT2D eigenvalue weighted by molar-refractivity contribution is 6.30. The Hall–Kier alpha value is -2.07. The van der Waals surface area contributed by atoms with Gasteiger partial charge in [-0.05, 0) is 48.9 Å². The van der Waals surface area contributed by atoms with Crippen LogP contribution in [0.15, 0.2) is 36.4 Å². The van der Waals surface area contributed by atoms with Crippen molar-refractivity contribution in [2.45, 2.75) is 6.92 Å². The Labute approximate surface area is 115 Å². The Kier molecular flexibility index (Phi) is 3.71. The zero-order valence-electron chi connectivity index (χ0n) is 10.2. The Balaban J connectivity index is 2.23. The van der Waals surface area contributed by atoms with Crippen molar-refractivity contribution in [3.8, 4) is 0 Å². The third-order valence-corrected chi connectivity index (χ3v) is 2.93. The summed E-state index contributed by atoms with van der Waals surface area (Å²) in [5.41, 5.74) is 7.00. The number of carbonyl (C=O) groups excluding carboxylic acids is 1. The second-order valence-corrected chi connectivity index (χ2v) is 4.59. The quantitative estimate of drug-likeness (QED) is 0.824. The summed E-state index contributed by atoms with van der Waals surface area (Å²) in [5.74, 6) is -0.885. The van der Waals surface area contributed by atoms with Gasteiger partial charge in [0.1, 0.15) is 5.82 Å². The first-order chi connectivity index (χ1) is 8.97. The highest BCUT2D eigenvalue weighted by atomic mass is 35.5. The molecule has 5 heteroatoms. The van der Waals surface area contributed by atoms with Gasteiger partial charge >= 0.3 is 0 Å². The fourth-order valence-corrected chi connectivity index (χ4v) is 1.91. The molecular weight excluding hydrogens is 267 g/mol. The summed E-state index contributed by atoms with van der Waals surface area (Å²) in [6, 6.07) is 9.08. The monoisotopic (exact) mass is 278 g/mol. The lowest BCUT2D eigenvalue weighted by atomic mass is 10.1. The molecule has 2 aromatic rings. The van der Waals surface area contributed by atoms with Crippen molar-refractivity contribution >= 4 is 28.9 Å². The fourth-order valence-electron chi connectivity index (χ4n) is 1.69. The lowest BCUT2D eigenvalue weighted by molar-refractivity contribution is 0.102. The van der Waals surface area contributed by atoms with Gasteiger partial charge in [-0.1, -0.05) is 11.6 Å². The van der Waals surface area contributed by atoms with Gasteiger partial charge in [0.2, 0.25) is 0 Å². The average Bonchev–Trinajstić information content (AvgIpc) is 2.33. The van der Waals surface area contributed by atoms with E-state index in [-0.39, 0.29) is 11.6 Å². The van der Waals surface area contributed by atoms with Crippen molar-refractivity contribution in [3.63, 3.8) is 0 Å². The summed E-state index contributed by atoms with van der Waals surface area (Å²) in [7, 11) is 0. The predicted molar refractivity (Wildman–Crippen MR) is 75.0 cm³/mol. The molecule has 0 aliphatic rings. The number of halogens is 2. The number of carbonyl (C=O) groups is 1. The Morgan fingerprint density at radius 2 is 2.00 bits per heavy atom. The average molecular weight is 279 g/mol. The van der Waals surface area contributed by atoms with E-state index in [2.05, 4.69) is 5.32 Å². The van der Waals surface area contributed by atoms with Crippen LogP contribution in [-0.4, -0.2) is 5.91 Å². The molecular formula is C14H12ClFN2O. The first-order valence-electron chi connectivity index (χ1n) is 5.60. The van der Waals surface area contributed by atoms with E-state index in [1.165, 1.54) is 12.1 Å². The second kappa shape index (κ2) is 5.28. The molecule has 0 fully saturated rings. The summed E-state index contributed by atoms with van der Waals surface area (Å²) in [6.45, 7) is 1.78. The molecule has 0 heterocycles. The molecule has 98 valence electrons. The first kappa shape index (κ1) is 13.4. The summed E-state index contributed by atoms with van der Waals surface area (Å²) in [5, 5.41) is 3.17. The zero-order chi connectivity index (χ0) is 14.0. The number of nitrogens with two attached hydrogens (primary N) is 1. The van der Waals surface area contributed by atoms with Gasteiger partial charge in [0.15, 0.2) is 0 Å². The molecule has 0 aliphatic carbocycles. The van der Waals surface area contributed by atoms with Gasteiger partial charge in [-0.15, -0.1) is 0 Å². The smallest absolute Gasteiger partial charge is 0.255 e. The molecule has 0 radical (unpaired) electrons. The molecule has 0 aliphatic heterocycles. The first-order valence-corrected chi connectivity index (χ1v) is 5.97. The number of anilines is 2. The molecule has 0 aromatic heterocycles. The van der Waals surface area contributed by atoms with Crippen LogP contribution in [0.5, 0.6) is 0 Å². The molecule has 0 spiro atoms. The normalized spacial score (nSPS) is 10.3. The molecule has 0 saturated carbocycles. The predicted octanol–water partition coefficient (Wildman–Crippen LogP) is 3.62. The number of aryl methyl sites for hydroxylation is 1. The highest BCUT2D eigenvalue weighted by Crippen LogP contribution is 2.19. The molecule has 3 N–H and O–H groups in total. The molecule has 3 nitrogen and oxygen atoms in total. The number of nitrogen functional groups attached to an aromatic ring is 1. The number of amides is 1. The number of nitrogens with one attached hydrogen (secondary N) is 1. The van der Waals surface area contributed by atoms with E-state index in [0.29, 0.717) is 16.3 Å². The summed E-state index contributed by atoms with van der Waals surface area (Å²) in [4.78, 5) is 12.0. The fraction of sp³-hybridized carbons (Fsp3) is 0.0714. The minimum atomic E-state index is -0.564. The number of rotatable bonds is 2. The van der Waals surface area contributed by atoms with Crippen LogP contribution in [-0.2, 0) is 0 Å². The van der Waals surface area contributed by atoms with Gasteiger partial charge in [0, 0.05) is 16.3 Å². The third kappa shape index (κ3) is 3.03. The van der Waals surface area contributed by atoms with E-state index < -0.39 is 5.82 Å². The standard InChI is InChI=1S/C14H12ClFN2O/c1-8-6-9(15)2-4-11(8)14(19)18-10-3-5-13(17)12(16)7-10/h2-7H,17H2,1H3,(H,18,19). The van der Waals surface area contributed by atoms with Crippen molar-refractivity contribution in [3.05, 3.63) is 58.4 Å². The minimum Gasteiger partial charge on any atom is -0.396 e. The summed E-state index contributed by atoms with van der Waals surface area (Å²) < 4.78 is 13.3. The molecule has 19 heavy (non-hydrogen) atoms. The van der Waals surface area contributed by atoms with E-state index in [4.69, 9.17) is 17.3 Å². The SMILES string of the molecule is Cc1cc(Cl)ccc1C(=O)Nc1ccc(N)c(F)c1. The Morgan fingerprint density at radius 1 is 1.26 bits per heavy atom. The van der Waals surface area contributed by atoms with E-state index in [9.17, 15) is 9.18 Å². The van der Waals surface area contributed by atoms with Gasteiger partial charge in [-0.3, -0.25) is 4.79 Å². The van der Waals surface area contributed by atoms with Gasteiger partial charge in [-0.2, -0.15) is 0 Å². The summed E-state index contributed by atoms with van der Waals surface area (Å²) in [6.07, 6.45) is 0. The maximum Gasteiger partial charge on any atom is 0.255 e. The number of hydrogen-bond donors (Lipinski definition) is 2. The van der Waals surface area contributed by atoms with Crippen LogP contribution < -0.4 is 11.1 Å². The molecule has 0 atom stereocenters. The van der Waals surface area contributed by atoms with Crippen LogP contribution in [0.4, 0.5) is 15.8 Å². The Bertz CT molecular complexity index is 643. The summed E-state index contributed by atoms with van der Waals surface area (Å²) >= 11 is 5.82. The largest absolute Gasteiger partial charge is 0.396 e. The molecule has 0 bridgehead atoms. The van der Waals surface area contributed by atoms with E-state index in [0.717, 1.165) is 5.56 Å². The minimum absolute atomic E-state index is 0.0423.